The fourth-order valence-corrected chi connectivity index (χ4v) is 22.8. The van der Waals surface area contributed by atoms with Gasteiger partial charge in [0.2, 0.25) is 0 Å². The monoisotopic (exact) mass is 868 g/mol. The van der Waals surface area contributed by atoms with Crippen molar-refractivity contribution in [2.45, 2.75) is 161 Å². The van der Waals surface area contributed by atoms with E-state index in [9.17, 15) is 48.0 Å². The zero-order chi connectivity index (χ0) is 42.9. The summed E-state index contributed by atoms with van der Waals surface area (Å²) in [5.74, 6) is 0. The molecule has 0 aliphatic heterocycles. The van der Waals surface area contributed by atoms with Gasteiger partial charge in [-0.25, -0.2) is 0 Å². The third-order valence-corrected chi connectivity index (χ3v) is 24.6. The molecule has 0 aliphatic rings. The van der Waals surface area contributed by atoms with Crippen molar-refractivity contribution < 1.29 is 52.7 Å². The number of halogens is 6. The van der Waals surface area contributed by atoms with Crippen molar-refractivity contribution in [3.63, 3.8) is 0 Å². The second-order valence-corrected chi connectivity index (χ2v) is 26.1. The van der Waals surface area contributed by atoms with Crippen LogP contribution in [0.25, 0.3) is 5.57 Å². The van der Waals surface area contributed by atoms with Crippen LogP contribution in [0.4, 0.5) is 31.1 Å². The fraction of sp³-hybridized carbons (Fsp3) is 0.769. The number of benzene rings is 1. The maximum atomic E-state index is 14.6. The van der Waals surface area contributed by atoms with Crippen LogP contribution in [0.3, 0.4) is 0 Å². The second kappa shape index (κ2) is 22.5. The number of hydrogen-bond acceptors (Lipinski definition) is 6. The van der Waals surface area contributed by atoms with Gasteiger partial charge in [0, 0.05) is 0 Å². The van der Waals surface area contributed by atoms with Gasteiger partial charge >= 0.3 is 297 Å². The molecule has 1 rings (SSSR count). The van der Waals surface area contributed by atoms with E-state index in [4.69, 9.17) is 4.74 Å². The van der Waals surface area contributed by atoms with Crippen molar-refractivity contribution in [3.8, 4) is 0 Å². The van der Waals surface area contributed by atoms with Gasteiger partial charge in [0.15, 0.2) is 0 Å². The zero-order valence-electron chi connectivity index (χ0n) is 34.3. The van der Waals surface area contributed by atoms with Crippen molar-refractivity contribution in [2.75, 3.05) is 31.3 Å². The molecule has 0 radical (unpaired) electrons. The van der Waals surface area contributed by atoms with Gasteiger partial charge in [-0.3, -0.25) is 0 Å². The van der Waals surface area contributed by atoms with E-state index < -0.39 is 52.9 Å². The van der Waals surface area contributed by atoms with E-state index in [-0.39, 0.29) is 63.4 Å². The molecule has 1 aromatic rings. The SMILES string of the molecule is C=C(C)c1cccc(C(C)(C)NC(=O)OCCCCCCP(CCCCCC)(CCCCCC)(CCCCCC)N(S(=O)(=O)C(F)(F)F)S(=O)(=O)C(F)(F)F)c1. The molecule has 0 aromatic heterocycles. The predicted octanol–water partition coefficient (Wildman–Crippen LogP) is 12.5. The topological polar surface area (TPSA) is 110 Å². The quantitative estimate of drug-likeness (QED) is 0.0510. The molecule has 0 aliphatic carbocycles. The van der Waals surface area contributed by atoms with E-state index in [1.165, 1.54) is 0 Å². The second-order valence-electron chi connectivity index (χ2n) is 15.7. The Balaban J connectivity index is 3.56. The minimum absolute atomic E-state index is 0.00268. The first-order chi connectivity index (χ1) is 25.9. The number of sulfonamides is 2. The summed E-state index contributed by atoms with van der Waals surface area (Å²) in [5.41, 5.74) is -10.8. The summed E-state index contributed by atoms with van der Waals surface area (Å²) in [5, 5.41) is 2.83. The number of rotatable bonds is 28. The number of nitrogens with one attached hydrogen (secondary N) is 1. The van der Waals surface area contributed by atoms with Crippen LogP contribution in [0.15, 0.2) is 30.8 Å². The average molecular weight is 869 g/mol. The van der Waals surface area contributed by atoms with Gasteiger partial charge in [-0.2, -0.15) is 0 Å². The molecular weight excluding hydrogens is 802 g/mol. The molecule has 0 saturated heterocycles. The molecule has 0 atom stereocenters. The van der Waals surface area contributed by atoms with Crippen LogP contribution in [0.1, 0.15) is 155 Å². The summed E-state index contributed by atoms with van der Waals surface area (Å²) in [6.45, 7) is 9.85. The van der Waals surface area contributed by atoms with Crippen LogP contribution in [0.2, 0.25) is 0 Å². The van der Waals surface area contributed by atoms with Gasteiger partial charge in [-0.15, -0.1) is 0 Å². The molecule has 1 N–H and O–H groups in total. The van der Waals surface area contributed by atoms with Crippen LogP contribution < -0.4 is 5.32 Å². The van der Waals surface area contributed by atoms with Gasteiger partial charge in [0.1, 0.15) is 0 Å². The Bertz CT molecular complexity index is 1520. The van der Waals surface area contributed by atoms with Gasteiger partial charge in [0.25, 0.3) is 0 Å². The first kappa shape index (κ1) is 52.1. The van der Waals surface area contributed by atoms with Crippen molar-refractivity contribution in [1.29, 1.82) is 0 Å². The molecule has 0 fully saturated rings. The van der Waals surface area contributed by atoms with Crippen LogP contribution in [-0.4, -0.2) is 68.7 Å². The fourth-order valence-electron chi connectivity index (χ4n) is 7.42. The Morgan fingerprint density at radius 2 is 1.09 bits per heavy atom. The Morgan fingerprint density at radius 3 is 1.46 bits per heavy atom. The van der Waals surface area contributed by atoms with Crippen LogP contribution in [0.5, 0.6) is 0 Å². The molecule has 8 nitrogen and oxygen atoms in total. The minimum atomic E-state index is -7.01. The number of alkyl halides is 6. The zero-order valence-corrected chi connectivity index (χ0v) is 36.8. The Morgan fingerprint density at radius 1 is 0.696 bits per heavy atom. The normalized spacial score (nSPS) is 14.1. The maximum absolute atomic E-state index is 14.6. The van der Waals surface area contributed by atoms with E-state index in [1.807, 2.05) is 65.8 Å². The summed E-state index contributed by atoms with van der Waals surface area (Å²) < 4.78 is 146. The van der Waals surface area contributed by atoms with Crippen LogP contribution in [-0.2, 0) is 30.3 Å². The Kier molecular flexibility index (Phi) is 20.9. The molecule has 0 saturated carbocycles. The van der Waals surface area contributed by atoms with Gasteiger partial charge in [0.05, 0.1) is 0 Å². The van der Waals surface area contributed by atoms with Crippen molar-refractivity contribution >= 4 is 38.5 Å². The summed E-state index contributed by atoms with van der Waals surface area (Å²) in [4.78, 5) is 12.7. The van der Waals surface area contributed by atoms with E-state index in [0.29, 0.717) is 70.6 Å². The third kappa shape index (κ3) is 14.4. The molecule has 1 aromatic carbocycles. The number of nitrogens with zero attached hydrogens (tertiary/aromatic N) is 1. The van der Waals surface area contributed by atoms with Crippen molar-refractivity contribution in [2.24, 2.45) is 0 Å². The van der Waals surface area contributed by atoms with Crippen molar-refractivity contribution in [1.82, 2.24) is 8.80 Å². The summed E-state index contributed by atoms with van der Waals surface area (Å²) in [6.07, 6.45) is 4.17. The molecule has 0 unspecified atom stereocenters. The van der Waals surface area contributed by atoms with Gasteiger partial charge < -0.3 is 0 Å². The number of hydrogen-bond donors (Lipinski definition) is 1. The van der Waals surface area contributed by atoms with E-state index in [0.717, 1.165) is 16.7 Å². The molecule has 0 bridgehead atoms. The van der Waals surface area contributed by atoms with Crippen LogP contribution in [0, 0.1) is 0 Å². The summed E-state index contributed by atoms with van der Waals surface area (Å²) in [6, 6.07) is 7.54. The van der Waals surface area contributed by atoms with E-state index in [1.54, 1.807) is 0 Å². The molecule has 0 spiro atoms. The molecule has 0 heterocycles. The number of alkyl carbamates (subject to hydrolysis) is 1. The first-order valence-corrected chi connectivity index (χ1v) is 25.8. The van der Waals surface area contributed by atoms with Crippen molar-refractivity contribution in [3.05, 3.63) is 42.0 Å². The molecule has 328 valence electrons. The molecule has 56 heavy (non-hydrogen) atoms. The average Bonchev–Trinajstić information content (AvgIpc) is 3.09. The summed E-state index contributed by atoms with van der Waals surface area (Å²) in [7, 11) is -14.0. The van der Waals surface area contributed by atoms with Crippen LogP contribution >= 0.6 is 6.75 Å². The Hall–Kier alpha value is -1.90. The molecule has 17 heteroatoms. The number of ether oxygens (including phenoxy) is 1. The first-order valence-electron chi connectivity index (χ1n) is 20.0. The predicted molar refractivity (Wildman–Crippen MR) is 218 cm³/mol. The number of carbonyl (C=O) groups is 1. The van der Waals surface area contributed by atoms with Gasteiger partial charge in [-0.1, -0.05) is 24.3 Å². The third-order valence-electron chi connectivity index (χ3n) is 10.6. The standard InChI is InChI=1S/C39H67F6N2O6PS2/c1-8-11-14-20-28-54(29-21-15-12-9-2,30-22-16-13-10-3,47(55(49,50)38(40,41)42)56(51,52)39(43,44)45)31-23-18-17-19-27-53-36(48)46-37(6,7)35-26-24-25-34(32-35)33(4)5/h24-26,32H,4,8-23,27-31H2,1-3,5-7H3,(H,46,48). The van der Waals surface area contributed by atoms with Gasteiger partial charge in [-0.05, 0) is 12.5 Å². The number of amides is 1. The Labute approximate surface area is 333 Å². The number of allylic oxidation sites excluding steroid dienone is 1. The summed E-state index contributed by atoms with van der Waals surface area (Å²) >= 11 is 0. The van der Waals surface area contributed by atoms with E-state index >= 15 is 0 Å². The molecular formula is C39H67F6N2O6PS2. The number of unbranched alkanes of at least 4 members (excludes halogenated alkanes) is 12. The number of carbonyl (C=O) groups excluding carboxylic acids is 1. The molecule has 1 amide bonds. The van der Waals surface area contributed by atoms with E-state index in [2.05, 4.69) is 11.9 Å².